The van der Waals surface area contributed by atoms with Crippen LogP contribution in [0.5, 0.6) is 17.2 Å². The third kappa shape index (κ3) is 5.58. The van der Waals surface area contributed by atoms with Gasteiger partial charge in [-0.1, -0.05) is 36.8 Å². The van der Waals surface area contributed by atoms with Gasteiger partial charge in [-0.05, 0) is 61.7 Å². The summed E-state index contributed by atoms with van der Waals surface area (Å²) in [5, 5.41) is 0. The minimum absolute atomic E-state index is 0.486. The normalized spacial score (nSPS) is 17.0. The summed E-state index contributed by atoms with van der Waals surface area (Å²) in [4.78, 5) is 6.89. The summed E-state index contributed by atoms with van der Waals surface area (Å²) in [6.07, 6.45) is 8.64. The van der Waals surface area contributed by atoms with Crippen LogP contribution < -0.4 is 9.47 Å². The van der Waals surface area contributed by atoms with Crippen molar-refractivity contribution in [1.82, 2.24) is 9.88 Å². The Hall–Kier alpha value is -2.85. The Morgan fingerprint density at radius 1 is 0.897 bits per heavy atom. The summed E-state index contributed by atoms with van der Waals surface area (Å²) in [6.45, 7) is 2.89. The predicted octanol–water partition coefficient (Wildman–Crippen LogP) is 5.87. The highest BCUT2D eigenvalue weighted by Gasteiger charge is 2.23. The molecule has 1 saturated heterocycles. The number of para-hydroxylation sites is 1. The molecule has 0 amide bonds. The second kappa shape index (κ2) is 10.1. The van der Waals surface area contributed by atoms with Gasteiger partial charge in [-0.25, -0.2) is 0 Å². The van der Waals surface area contributed by atoms with Gasteiger partial charge < -0.3 is 9.47 Å². The second-order valence-corrected chi connectivity index (χ2v) is 7.43. The highest BCUT2D eigenvalue weighted by Crippen LogP contribution is 2.30. The number of benzene rings is 2. The van der Waals surface area contributed by atoms with Gasteiger partial charge in [0.15, 0.2) is 0 Å². The number of rotatable bonds is 8. The van der Waals surface area contributed by atoms with Crippen LogP contribution >= 0.6 is 0 Å². The number of pyridine rings is 1. The van der Waals surface area contributed by atoms with Crippen molar-refractivity contribution in [1.29, 1.82) is 0 Å². The molecular weight excluding hydrogens is 360 g/mol. The molecule has 0 aliphatic carbocycles. The maximum atomic E-state index is 6.00. The topological polar surface area (TPSA) is 34.6 Å². The van der Waals surface area contributed by atoms with E-state index in [1.807, 2.05) is 73.1 Å². The first-order valence-corrected chi connectivity index (χ1v) is 10.5. The van der Waals surface area contributed by atoms with Gasteiger partial charge in [0.2, 0.25) is 0 Å². The SMILES string of the molecule is c1ccc(Oc2cccc(OCCCN3CCCCC3c3cccnc3)c2)cc1. The Bertz CT molecular complexity index is 870. The molecule has 4 rings (SSSR count). The van der Waals surface area contributed by atoms with Crippen LogP contribution in [0.4, 0.5) is 0 Å². The van der Waals surface area contributed by atoms with Gasteiger partial charge in [0.25, 0.3) is 0 Å². The van der Waals surface area contributed by atoms with Gasteiger partial charge in [0.1, 0.15) is 17.2 Å². The molecule has 0 spiro atoms. The molecule has 2 aromatic carbocycles. The van der Waals surface area contributed by atoms with E-state index < -0.39 is 0 Å². The first kappa shape index (κ1) is 19.5. The molecule has 0 saturated carbocycles. The number of ether oxygens (including phenoxy) is 2. The van der Waals surface area contributed by atoms with Crippen molar-refractivity contribution in [3.63, 3.8) is 0 Å². The average molecular weight is 389 g/mol. The highest BCUT2D eigenvalue weighted by atomic mass is 16.5. The quantitative estimate of drug-likeness (QED) is 0.452. The molecule has 1 unspecified atom stereocenters. The molecule has 4 nitrogen and oxygen atoms in total. The first-order chi connectivity index (χ1) is 14.4. The van der Waals surface area contributed by atoms with E-state index in [1.54, 1.807) is 0 Å². The van der Waals surface area contributed by atoms with Crippen LogP contribution in [0.3, 0.4) is 0 Å². The van der Waals surface area contributed by atoms with Crippen LogP contribution in [-0.4, -0.2) is 29.6 Å². The van der Waals surface area contributed by atoms with Crippen LogP contribution in [0.15, 0.2) is 79.1 Å². The zero-order valence-electron chi connectivity index (χ0n) is 16.7. The van der Waals surface area contributed by atoms with Crippen LogP contribution in [0, 0.1) is 0 Å². The largest absolute Gasteiger partial charge is 0.493 e. The fraction of sp³-hybridized carbons (Fsp3) is 0.320. The predicted molar refractivity (Wildman–Crippen MR) is 115 cm³/mol. The van der Waals surface area contributed by atoms with E-state index >= 15 is 0 Å². The summed E-state index contributed by atoms with van der Waals surface area (Å²) < 4.78 is 11.9. The maximum Gasteiger partial charge on any atom is 0.131 e. The molecule has 1 aliphatic heterocycles. The molecule has 1 aliphatic rings. The van der Waals surface area contributed by atoms with Crippen molar-refractivity contribution in [3.05, 3.63) is 84.7 Å². The van der Waals surface area contributed by atoms with Crippen LogP contribution in [0.1, 0.15) is 37.3 Å². The van der Waals surface area contributed by atoms with E-state index in [0.717, 1.165) is 36.8 Å². The molecule has 29 heavy (non-hydrogen) atoms. The summed E-state index contributed by atoms with van der Waals surface area (Å²) in [5.41, 5.74) is 1.33. The Balaban J connectivity index is 1.27. The van der Waals surface area contributed by atoms with Crippen molar-refractivity contribution in [3.8, 4) is 17.2 Å². The van der Waals surface area contributed by atoms with Gasteiger partial charge in [-0.3, -0.25) is 9.88 Å². The molecule has 0 bridgehead atoms. The molecule has 0 N–H and O–H groups in total. The van der Waals surface area contributed by atoms with Crippen molar-refractivity contribution in [2.45, 2.75) is 31.7 Å². The van der Waals surface area contributed by atoms with Crippen molar-refractivity contribution in [2.75, 3.05) is 19.7 Å². The van der Waals surface area contributed by atoms with E-state index in [1.165, 1.54) is 24.8 Å². The molecule has 0 radical (unpaired) electrons. The maximum absolute atomic E-state index is 6.00. The lowest BCUT2D eigenvalue weighted by Gasteiger charge is -2.35. The molecule has 150 valence electrons. The minimum atomic E-state index is 0.486. The van der Waals surface area contributed by atoms with Gasteiger partial charge in [0.05, 0.1) is 6.61 Å². The van der Waals surface area contributed by atoms with Crippen LogP contribution in [-0.2, 0) is 0 Å². The minimum Gasteiger partial charge on any atom is -0.493 e. The number of hydrogen-bond acceptors (Lipinski definition) is 4. The van der Waals surface area contributed by atoms with Crippen LogP contribution in [0.25, 0.3) is 0 Å². The van der Waals surface area contributed by atoms with Crippen molar-refractivity contribution >= 4 is 0 Å². The van der Waals surface area contributed by atoms with Gasteiger partial charge in [-0.2, -0.15) is 0 Å². The van der Waals surface area contributed by atoms with Gasteiger partial charge >= 0.3 is 0 Å². The monoisotopic (exact) mass is 388 g/mol. The van der Waals surface area contributed by atoms with Crippen LogP contribution in [0.2, 0.25) is 0 Å². The number of piperidine rings is 1. The molecule has 2 heterocycles. The molecule has 4 heteroatoms. The summed E-state index contributed by atoms with van der Waals surface area (Å²) in [6, 6.07) is 22.4. The third-order valence-corrected chi connectivity index (χ3v) is 5.33. The highest BCUT2D eigenvalue weighted by molar-refractivity contribution is 5.36. The van der Waals surface area contributed by atoms with Gasteiger partial charge in [-0.15, -0.1) is 0 Å². The van der Waals surface area contributed by atoms with Gasteiger partial charge in [0, 0.05) is 31.0 Å². The average Bonchev–Trinajstić information content (AvgIpc) is 2.79. The van der Waals surface area contributed by atoms with Crippen molar-refractivity contribution in [2.24, 2.45) is 0 Å². The number of nitrogens with zero attached hydrogens (tertiary/aromatic N) is 2. The second-order valence-electron chi connectivity index (χ2n) is 7.43. The smallest absolute Gasteiger partial charge is 0.131 e. The lowest BCUT2D eigenvalue weighted by Crippen LogP contribution is -2.34. The molecule has 1 fully saturated rings. The van der Waals surface area contributed by atoms with E-state index in [2.05, 4.69) is 16.0 Å². The fourth-order valence-electron chi connectivity index (χ4n) is 3.92. The lowest BCUT2D eigenvalue weighted by molar-refractivity contribution is 0.137. The number of aromatic nitrogens is 1. The first-order valence-electron chi connectivity index (χ1n) is 10.5. The zero-order valence-corrected chi connectivity index (χ0v) is 16.7. The third-order valence-electron chi connectivity index (χ3n) is 5.33. The Morgan fingerprint density at radius 2 is 1.76 bits per heavy atom. The van der Waals surface area contributed by atoms with E-state index in [-0.39, 0.29) is 0 Å². The van der Waals surface area contributed by atoms with E-state index in [9.17, 15) is 0 Å². The van der Waals surface area contributed by atoms with E-state index in [0.29, 0.717) is 12.6 Å². The Kier molecular flexibility index (Phi) is 6.76. The summed E-state index contributed by atoms with van der Waals surface area (Å²) in [5.74, 6) is 2.47. The molecule has 1 atom stereocenters. The fourth-order valence-corrected chi connectivity index (χ4v) is 3.92. The molecular formula is C25H28N2O2. The zero-order chi connectivity index (χ0) is 19.7. The van der Waals surface area contributed by atoms with Crippen molar-refractivity contribution < 1.29 is 9.47 Å². The Morgan fingerprint density at radius 3 is 2.62 bits per heavy atom. The standard InChI is InChI=1S/C25H28N2O2/c1-2-10-22(11-3-1)29-24-13-6-12-23(19-24)28-18-8-17-27-16-5-4-14-25(27)21-9-7-15-26-20-21/h1-3,6-7,9-13,15,19-20,25H,4-5,8,14,16-18H2. The number of hydrogen-bond donors (Lipinski definition) is 0. The summed E-state index contributed by atoms with van der Waals surface area (Å²) >= 11 is 0. The van der Waals surface area contributed by atoms with E-state index in [4.69, 9.17) is 9.47 Å². The Labute approximate surface area is 173 Å². The summed E-state index contributed by atoms with van der Waals surface area (Å²) in [7, 11) is 0. The number of likely N-dealkylation sites (tertiary alicyclic amines) is 1. The lowest BCUT2D eigenvalue weighted by atomic mass is 9.96. The molecule has 1 aromatic heterocycles. The molecule has 3 aromatic rings.